The van der Waals surface area contributed by atoms with E-state index in [1.165, 1.54) is 0 Å². The summed E-state index contributed by atoms with van der Waals surface area (Å²) in [6.07, 6.45) is 0.275. The zero-order chi connectivity index (χ0) is 12.4. The number of nitrogen functional groups attached to an aromatic ring is 1. The van der Waals surface area contributed by atoms with E-state index in [1.807, 2.05) is 12.1 Å². The molecular formula is C12H17N3O2. The molecule has 1 heterocycles. The molecule has 92 valence electrons. The third-order valence-electron chi connectivity index (χ3n) is 2.93. The molecule has 0 bridgehead atoms. The van der Waals surface area contributed by atoms with Crippen LogP contribution in [0.1, 0.15) is 12.0 Å². The Kier molecular flexibility index (Phi) is 3.31. The fourth-order valence-corrected chi connectivity index (χ4v) is 2.10. The van der Waals surface area contributed by atoms with Crippen LogP contribution in [0.3, 0.4) is 0 Å². The van der Waals surface area contributed by atoms with Crippen LogP contribution in [0.5, 0.6) is 0 Å². The molecule has 0 aromatic heterocycles. The van der Waals surface area contributed by atoms with Crippen molar-refractivity contribution in [1.29, 1.82) is 0 Å². The first kappa shape index (κ1) is 11.9. The number of rotatable bonds is 4. The summed E-state index contributed by atoms with van der Waals surface area (Å²) in [5, 5.41) is 9.71. The number of amides is 1. The number of benzene rings is 1. The summed E-state index contributed by atoms with van der Waals surface area (Å²) in [7, 11) is 0. The predicted octanol–water partition coefficient (Wildman–Crippen LogP) is -0.132. The summed E-state index contributed by atoms with van der Waals surface area (Å²) in [6, 6.07) is 5.40. The number of carbonyl (C=O) groups excluding carboxylic acids is 1. The Morgan fingerprint density at radius 2 is 2.24 bits per heavy atom. The smallest absolute Gasteiger partial charge is 0.231 e. The van der Waals surface area contributed by atoms with E-state index in [4.69, 9.17) is 11.5 Å². The molecule has 0 radical (unpaired) electrons. The van der Waals surface area contributed by atoms with Crippen LogP contribution in [0.4, 0.5) is 11.4 Å². The first-order valence-electron chi connectivity index (χ1n) is 5.68. The van der Waals surface area contributed by atoms with Gasteiger partial charge in [-0.2, -0.15) is 0 Å². The lowest BCUT2D eigenvalue weighted by Gasteiger charge is -2.21. The lowest BCUT2D eigenvalue weighted by molar-refractivity contribution is -0.117. The fraction of sp³-hybridized carbons (Fsp3) is 0.417. The standard InChI is InChI=1S/C12H17N3O2/c13-4-3-10(16)7-15-11-2-1-9(14)5-8(11)6-12(15)17/h1-2,5,10,16H,3-4,6-7,13-14H2. The highest BCUT2D eigenvalue weighted by atomic mass is 16.3. The van der Waals surface area contributed by atoms with Gasteiger partial charge in [0.1, 0.15) is 0 Å². The number of aliphatic hydroxyl groups excluding tert-OH is 1. The summed E-state index contributed by atoms with van der Waals surface area (Å²) in [5.41, 5.74) is 13.5. The molecule has 1 aliphatic heterocycles. The average molecular weight is 235 g/mol. The third-order valence-corrected chi connectivity index (χ3v) is 2.93. The molecule has 0 spiro atoms. The molecule has 1 aromatic carbocycles. The summed E-state index contributed by atoms with van der Waals surface area (Å²) >= 11 is 0. The maximum Gasteiger partial charge on any atom is 0.231 e. The second-order valence-corrected chi connectivity index (χ2v) is 4.30. The number of aliphatic hydroxyl groups is 1. The minimum Gasteiger partial charge on any atom is -0.399 e. The van der Waals surface area contributed by atoms with Crippen LogP contribution in [0.25, 0.3) is 0 Å². The Hall–Kier alpha value is -1.59. The van der Waals surface area contributed by atoms with Crippen molar-refractivity contribution in [3.05, 3.63) is 23.8 Å². The minimum absolute atomic E-state index is 0.00155. The normalized spacial score (nSPS) is 16.1. The molecule has 1 aliphatic rings. The van der Waals surface area contributed by atoms with Crippen LogP contribution in [-0.4, -0.2) is 30.2 Å². The molecule has 5 N–H and O–H groups in total. The second kappa shape index (κ2) is 4.73. The maximum atomic E-state index is 11.8. The Morgan fingerprint density at radius 3 is 2.94 bits per heavy atom. The Balaban J connectivity index is 2.17. The van der Waals surface area contributed by atoms with Crippen LogP contribution < -0.4 is 16.4 Å². The van der Waals surface area contributed by atoms with Gasteiger partial charge in [-0.05, 0) is 36.7 Å². The quantitative estimate of drug-likeness (QED) is 0.634. The number of fused-ring (bicyclic) bond motifs is 1. The Bertz CT molecular complexity index is 434. The molecule has 5 nitrogen and oxygen atoms in total. The van der Waals surface area contributed by atoms with E-state index in [9.17, 15) is 9.90 Å². The van der Waals surface area contributed by atoms with Gasteiger partial charge in [-0.15, -0.1) is 0 Å². The van der Waals surface area contributed by atoms with E-state index < -0.39 is 6.10 Å². The van der Waals surface area contributed by atoms with E-state index in [0.29, 0.717) is 31.6 Å². The van der Waals surface area contributed by atoms with Crippen molar-refractivity contribution in [3.63, 3.8) is 0 Å². The molecule has 1 aromatic rings. The lowest BCUT2D eigenvalue weighted by Crippen LogP contribution is -2.35. The van der Waals surface area contributed by atoms with Crippen molar-refractivity contribution in [2.45, 2.75) is 18.9 Å². The van der Waals surface area contributed by atoms with Crippen LogP contribution in [-0.2, 0) is 11.2 Å². The summed E-state index contributed by atoms with van der Waals surface area (Å²) in [5.74, 6) is 0.00155. The highest BCUT2D eigenvalue weighted by Crippen LogP contribution is 2.30. The van der Waals surface area contributed by atoms with E-state index >= 15 is 0 Å². The van der Waals surface area contributed by atoms with Gasteiger partial charge in [0.2, 0.25) is 5.91 Å². The number of nitrogens with two attached hydrogens (primary N) is 2. The van der Waals surface area contributed by atoms with E-state index in [2.05, 4.69) is 0 Å². The molecule has 1 unspecified atom stereocenters. The van der Waals surface area contributed by atoms with Crippen molar-refractivity contribution >= 4 is 17.3 Å². The Morgan fingerprint density at radius 1 is 1.47 bits per heavy atom. The molecule has 0 fully saturated rings. The number of anilines is 2. The van der Waals surface area contributed by atoms with Gasteiger partial charge in [0.05, 0.1) is 19.1 Å². The first-order chi connectivity index (χ1) is 8.11. The van der Waals surface area contributed by atoms with Gasteiger partial charge in [-0.3, -0.25) is 4.79 Å². The van der Waals surface area contributed by atoms with Crippen molar-refractivity contribution in [3.8, 4) is 0 Å². The van der Waals surface area contributed by atoms with Gasteiger partial charge < -0.3 is 21.5 Å². The predicted molar refractivity (Wildman–Crippen MR) is 66.6 cm³/mol. The topological polar surface area (TPSA) is 92.6 Å². The molecule has 5 heteroatoms. The molecule has 1 atom stereocenters. The molecule has 0 aliphatic carbocycles. The average Bonchev–Trinajstić information content (AvgIpc) is 2.55. The zero-order valence-electron chi connectivity index (χ0n) is 9.60. The van der Waals surface area contributed by atoms with E-state index in [-0.39, 0.29) is 5.91 Å². The van der Waals surface area contributed by atoms with Gasteiger partial charge in [0, 0.05) is 11.4 Å². The van der Waals surface area contributed by atoms with Gasteiger partial charge in [-0.25, -0.2) is 0 Å². The SMILES string of the molecule is NCCC(O)CN1C(=O)Cc2cc(N)ccc21. The summed E-state index contributed by atoms with van der Waals surface area (Å²) < 4.78 is 0. The Labute approximate surface area is 100 Å². The number of carbonyl (C=O) groups is 1. The monoisotopic (exact) mass is 235 g/mol. The van der Waals surface area contributed by atoms with E-state index in [1.54, 1.807) is 11.0 Å². The molecule has 0 saturated heterocycles. The molecule has 17 heavy (non-hydrogen) atoms. The van der Waals surface area contributed by atoms with Crippen molar-refractivity contribution in [2.24, 2.45) is 5.73 Å². The fourth-order valence-electron chi connectivity index (χ4n) is 2.10. The molecular weight excluding hydrogens is 218 g/mol. The van der Waals surface area contributed by atoms with Crippen LogP contribution in [0.15, 0.2) is 18.2 Å². The number of nitrogens with zero attached hydrogens (tertiary/aromatic N) is 1. The van der Waals surface area contributed by atoms with Gasteiger partial charge in [0.25, 0.3) is 0 Å². The highest BCUT2D eigenvalue weighted by molar-refractivity contribution is 6.01. The maximum absolute atomic E-state index is 11.8. The second-order valence-electron chi connectivity index (χ2n) is 4.30. The molecule has 0 saturated carbocycles. The van der Waals surface area contributed by atoms with Crippen LogP contribution in [0.2, 0.25) is 0 Å². The molecule has 2 rings (SSSR count). The first-order valence-corrected chi connectivity index (χ1v) is 5.68. The number of β-amino-alcohol motifs (C(OH)–C–C–N with tert-alkyl or cyclic N) is 1. The number of hydrogen-bond acceptors (Lipinski definition) is 4. The summed E-state index contributed by atoms with van der Waals surface area (Å²) in [6.45, 7) is 0.713. The van der Waals surface area contributed by atoms with Gasteiger partial charge >= 0.3 is 0 Å². The summed E-state index contributed by atoms with van der Waals surface area (Å²) in [4.78, 5) is 13.4. The largest absolute Gasteiger partial charge is 0.399 e. The van der Waals surface area contributed by atoms with Gasteiger partial charge in [-0.1, -0.05) is 0 Å². The lowest BCUT2D eigenvalue weighted by atomic mass is 10.1. The zero-order valence-corrected chi connectivity index (χ0v) is 9.60. The van der Waals surface area contributed by atoms with Crippen molar-refractivity contribution in [2.75, 3.05) is 23.7 Å². The molecule has 1 amide bonds. The van der Waals surface area contributed by atoms with Crippen molar-refractivity contribution < 1.29 is 9.90 Å². The highest BCUT2D eigenvalue weighted by Gasteiger charge is 2.28. The third kappa shape index (κ3) is 2.40. The van der Waals surface area contributed by atoms with E-state index in [0.717, 1.165) is 11.3 Å². The number of hydrogen-bond donors (Lipinski definition) is 3. The van der Waals surface area contributed by atoms with Crippen molar-refractivity contribution in [1.82, 2.24) is 0 Å². The van der Waals surface area contributed by atoms with Crippen LogP contribution >= 0.6 is 0 Å². The minimum atomic E-state index is -0.576. The van der Waals surface area contributed by atoms with Gasteiger partial charge in [0.15, 0.2) is 0 Å². The van der Waals surface area contributed by atoms with Crippen LogP contribution in [0, 0.1) is 0 Å².